The molecule has 0 saturated carbocycles. The van der Waals surface area contributed by atoms with E-state index in [2.05, 4.69) is 41.5 Å². The van der Waals surface area contributed by atoms with Gasteiger partial charge in [0.2, 0.25) is 0 Å². The molecule has 0 N–H and O–H groups in total. The third kappa shape index (κ3) is 31.7. The summed E-state index contributed by atoms with van der Waals surface area (Å²) in [4.78, 5) is 0. The first-order valence-electron chi connectivity index (χ1n) is 20.7. The standard InChI is InChI=1S/C42H86O/c1-7-9-11-13-15-17-19-21-23-25-27-29-31-33-35-37-39(3)41(5)43-42(6)40(4)38-36-34-32-30-28-26-24-22-20-18-16-14-12-10-8-2/h39-42H,7-38H2,1-6H3. The Balaban J connectivity index is 3.51. The highest BCUT2D eigenvalue weighted by Crippen LogP contribution is 2.23. The van der Waals surface area contributed by atoms with Crippen LogP contribution in [0.2, 0.25) is 0 Å². The van der Waals surface area contributed by atoms with Crippen molar-refractivity contribution in [2.24, 2.45) is 11.8 Å². The van der Waals surface area contributed by atoms with Crippen LogP contribution in [0.4, 0.5) is 0 Å². The first-order chi connectivity index (χ1) is 21.0. The molecule has 0 radical (unpaired) electrons. The van der Waals surface area contributed by atoms with Gasteiger partial charge in [-0.2, -0.15) is 0 Å². The molecule has 0 bridgehead atoms. The van der Waals surface area contributed by atoms with Gasteiger partial charge in [0.15, 0.2) is 0 Å². The van der Waals surface area contributed by atoms with E-state index in [1.807, 2.05) is 0 Å². The summed E-state index contributed by atoms with van der Waals surface area (Å²) in [6.45, 7) is 14.1. The average molecular weight is 607 g/mol. The van der Waals surface area contributed by atoms with Gasteiger partial charge in [-0.25, -0.2) is 0 Å². The lowest BCUT2D eigenvalue weighted by Gasteiger charge is -2.28. The molecule has 43 heavy (non-hydrogen) atoms. The molecule has 1 heteroatoms. The van der Waals surface area contributed by atoms with Gasteiger partial charge in [-0.1, -0.05) is 220 Å². The Kier molecular flexibility index (Phi) is 34.8. The van der Waals surface area contributed by atoms with E-state index >= 15 is 0 Å². The van der Waals surface area contributed by atoms with Crippen molar-refractivity contribution in [2.75, 3.05) is 0 Å². The summed E-state index contributed by atoms with van der Waals surface area (Å²) >= 11 is 0. The van der Waals surface area contributed by atoms with Gasteiger partial charge in [-0.3, -0.25) is 0 Å². The van der Waals surface area contributed by atoms with E-state index in [9.17, 15) is 0 Å². The molecule has 0 rings (SSSR count). The van der Waals surface area contributed by atoms with Crippen LogP contribution in [-0.4, -0.2) is 12.2 Å². The normalized spacial score (nSPS) is 14.7. The van der Waals surface area contributed by atoms with Crippen molar-refractivity contribution in [1.82, 2.24) is 0 Å². The molecule has 0 aliphatic heterocycles. The highest BCUT2D eigenvalue weighted by Gasteiger charge is 2.19. The molecule has 0 aromatic rings. The van der Waals surface area contributed by atoms with Crippen LogP contribution in [-0.2, 0) is 4.74 Å². The topological polar surface area (TPSA) is 9.23 Å². The van der Waals surface area contributed by atoms with Gasteiger partial charge in [0.25, 0.3) is 0 Å². The third-order valence-corrected chi connectivity index (χ3v) is 10.6. The van der Waals surface area contributed by atoms with Gasteiger partial charge in [0.05, 0.1) is 12.2 Å². The fourth-order valence-corrected chi connectivity index (χ4v) is 6.75. The van der Waals surface area contributed by atoms with Crippen LogP contribution < -0.4 is 0 Å². The Morgan fingerprint density at radius 1 is 0.279 bits per heavy atom. The summed E-state index contributed by atoms with van der Waals surface area (Å²) in [5, 5.41) is 0. The first-order valence-corrected chi connectivity index (χ1v) is 20.7. The SMILES string of the molecule is CCCCCCCCCCCCCCCCCC(C)C(C)OC(C)C(C)CCCCCCCCCCCCCCCCC. The molecule has 0 aromatic heterocycles. The summed E-state index contributed by atoms with van der Waals surface area (Å²) in [5.41, 5.74) is 0. The number of rotatable bonds is 36. The number of hydrogen-bond acceptors (Lipinski definition) is 1. The Bertz CT molecular complexity index is 457. The monoisotopic (exact) mass is 607 g/mol. The van der Waals surface area contributed by atoms with Gasteiger partial charge in [-0.15, -0.1) is 0 Å². The molecule has 0 aliphatic rings. The number of unbranched alkanes of at least 4 members (excludes halogenated alkanes) is 28. The molecule has 0 heterocycles. The molecular weight excluding hydrogens is 520 g/mol. The van der Waals surface area contributed by atoms with E-state index in [1.165, 1.54) is 205 Å². The van der Waals surface area contributed by atoms with Crippen molar-refractivity contribution < 1.29 is 4.74 Å². The summed E-state index contributed by atoms with van der Waals surface area (Å²) in [6, 6.07) is 0. The smallest absolute Gasteiger partial charge is 0.0576 e. The molecule has 260 valence electrons. The summed E-state index contributed by atoms with van der Waals surface area (Å²) in [7, 11) is 0. The predicted molar refractivity (Wildman–Crippen MR) is 197 cm³/mol. The second-order valence-corrected chi connectivity index (χ2v) is 15.0. The molecular formula is C42H86O. The Hall–Kier alpha value is -0.0400. The highest BCUT2D eigenvalue weighted by atomic mass is 16.5. The van der Waals surface area contributed by atoms with E-state index < -0.39 is 0 Å². The zero-order valence-electron chi connectivity index (χ0n) is 31.3. The van der Waals surface area contributed by atoms with Crippen molar-refractivity contribution in [2.45, 2.75) is 259 Å². The van der Waals surface area contributed by atoms with Gasteiger partial charge in [0.1, 0.15) is 0 Å². The van der Waals surface area contributed by atoms with E-state index in [0.29, 0.717) is 24.0 Å². The Morgan fingerprint density at radius 3 is 0.674 bits per heavy atom. The van der Waals surface area contributed by atoms with Gasteiger partial charge in [0, 0.05) is 0 Å². The van der Waals surface area contributed by atoms with Gasteiger partial charge < -0.3 is 4.74 Å². The largest absolute Gasteiger partial charge is 0.375 e. The van der Waals surface area contributed by atoms with Crippen molar-refractivity contribution in [3.63, 3.8) is 0 Å². The fourth-order valence-electron chi connectivity index (χ4n) is 6.75. The minimum atomic E-state index is 0.394. The van der Waals surface area contributed by atoms with E-state index in [4.69, 9.17) is 4.74 Å². The van der Waals surface area contributed by atoms with Crippen molar-refractivity contribution in [3.8, 4) is 0 Å². The quantitative estimate of drug-likeness (QED) is 0.0645. The minimum absolute atomic E-state index is 0.394. The van der Waals surface area contributed by atoms with Crippen molar-refractivity contribution >= 4 is 0 Å². The maximum absolute atomic E-state index is 6.52. The second-order valence-electron chi connectivity index (χ2n) is 15.0. The highest BCUT2D eigenvalue weighted by molar-refractivity contribution is 4.68. The second kappa shape index (κ2) is 34.8. The maximum atomic E-state index is 6.52. The van der Waals surface area contributed by atoms with Gasteiger partial charge in [-0.05, 0) is 38.5 Å². The van der Waals surface area contributed by atoms with Crippen molar-refractivity contribution in [1.29, 1.82) is 0 Å². The van der Waals surface area contributed by atoms with E-state index in [-0.39, 0.29) is 0 Å². The van der Waals surface area contributed by atoms with Crippen LogP contribution in [0.15, 0.2) is 0 Å². The molecule has 4 atom stereocenters. The zero-order valence-corrected chi connectivity index (χ0v) is 31.3. The molecule has 0 spiro atoms. The van der Waals surface area contributed by atoms with Crippen LogP contribution in [0.25, 0.3) is 0 Å². The van der Waals surface area contributed by atoms with Crippen LogP contribution >= 0.6 is 0 Å². The van der Waals surface area contributed by atoms with Gasteiger partial charge >= 0.3 is 0 Å². The number of hydrogen-bond donors (Lipinski definition) is 0. The summed E-state index contributed by atoms with van der Waals surface area (Å²) in [6.07, 6.45) is 46.8. The molecule has 0 amide bonds. The molecule has 1 nitrogen and oxygen atoms in total. The van der Waals surface area contributed by atoms with Crippen LogP contribution in [0.3, 0.4) is 0 Å². The minimum Gasteiger partial charge on any atom is -0.375 e. The predicted octanol–water partition coefficient (Wildman–Crippen LogP) is 15.6. The van der Waals surface area contributed by atoms with Crippen LogP contribution in [0.1, 0.15) is 247 Å². The molecule has 0 saturated heterocycles. The number of ether oxygens (including phenoxy) is 1. The van der Waals surface area contributed by atoms with Crippen LogP contribution in [0, 0.1) is 11.8 Å². The zero-order chi connectivity index (χ0) is 31.6. The summed E-state index contributed by atoms with van der Waals surface area (Å²) < 4.78 is 6.52. The Morgan fingerprint density at radius 2 is 0.465 bits per heavy atom. The average Bonchev–Trinajstić information content (AvgIpc) is 3.00. The third-order valence-electron chi connectivity index (χ3n) is 10.6. The lowest BCUT2D eigenvalue weighted by atomic mass is 9.95. The van der Waals surface area contributed by atoms with E-state index in [1.54, 1.807) is 0 Å². The molecule has 0 aliphatic carbocycles. The lowest BCUT2D eigenvalue weighted by Crippen LogP contribution is -2.27. The molecule has 4 unspecified atom stereocenters. The fraction of sp³-hybridized carbons (Fsp3) is 1.00. The molecule has 0 fully saturated rings. The van der Waals surface area contributed by atoms with Crippen molar-refractivity contribution in [3.05, 3.63) is 0 Å². The lowest BCUT2D eigenvalue weighted by molar-refractivity contribution is -0.0473. The first kappa shape index (κ1) is 43.0. The van der Waals surface area contributed by atoms with E-state index in [0.717, 1.165) is 0 Å². The maximum Gasteiger partial charge on any atom is 0.0576 e. The Labute approximate surface area is 275 Å². The molecule has 0 aromatic carbocycles. The summed E-state index contributed by atoms with van der Waals surface area (Å²) in [5.74, 6) is 1.37. The van der Waals surface area contributed by atoms with Crippen LogP contribution in [0.5, 0.6) is 0 Å².